The van der Waals surface area contributed by atoms with Gasteiger partial charge >= 0.3 is 7.12 Å². The van der Waals surface area contributed by atoms with Crippen molar-refractivity contribution in [2.45, 2.75) is 38.9 Å². The van der Waals surface area contributed by atoms with Crippen molar-refractivity contribution in [3.63, 3.8) is 0 Å². The Kier molecular flexibility index (Phi) is 4.67. The second kappa shape index (κ2) is 7.02. The fourth-order valence-electron chi connectivity index (χ4n) is 3.24. The lowest BCUT2D eigenvalue weighted by Gasteiger charge is -2.32. The average molecular weight is 369 g/mol. The van der Waals surface area contributed by atoms with E-state index in [1.54, 1.807) is 0 Å². The molecule has 3 nitrogen and oxygen atoms in total. The number of hydrogen-bond donors (Lipinski definition) is 0. The Bertz CT molecular complexity index is 977. The molecule has 28 heavy (non-hydrogen) atoms. The molecule has 4 heteroatoms. The number of anilines is 2. The van der Waals surface area contributed by atoms with Gasteiger partial charge in [0.05, 0.1) is 16.9 Å². The minimum absolute atomic E-state index is 0.346. The summed E-state index contributed by atoms with van der Waals surface area (Å²) in [5.74, 6) is 0. The zero-order chi connectivity index (χ0) is 19.8. The Morgan fingerprint density at radius 1 is 0.821 bits per heavy atom. The smallest absolute Gasteiger partial charge is 0.399 e. The first-order valence-corrected chi connectivity index (χ1v) is 9.57. The number of allylic oxidation sites excluding steroid dienone is 3. The molecule has 2 aromatic carbocycles. The topological polar surface area (TPSA) is 21.7 Å². The predicted octanol–water partition coefficient (Wildman–Crippen LogP) is 4.89. The molecule has 1 saturated heterocycles. The molecule has 0 radical (unpaired) electrons. The van der Waals surface area contributed by atoms with E-state index >= 15 is 0 Å². The van der Waals surface area contributed by atoms with Crippen LogP contribution in [0.5, 0.6) is 0 Å². The lowest BCUT2D eigenvalue weighted by molar-refractivity contribution is 0.00578. The molecule has 0 aromatic heterocycles. The normalized spacial score (nSPS) is 19.0. The highest BCUT2D eigenvalue weighted by molar-refractivity contribution is 6.62. The first-order valence-electron chi connectivity index (χ1n) is 9.57. The molecule has 0 saturated carbocycles. The fraction of sp³-hybridized carbons (Fsp3) is 0.250. The van der Waals surface area contributed by atoms with E-state index in [2.05, 4.69) is 80.5 Å². The van der Waals surface area contributed by atoms with Gasteiger partial charge < -0.3 is 14.2 Å². The van der Waals surface area contributed by atoms with Gasteiger partial charge in [0.1, 0.15) is 0 Å². The molecule has 2 aliphatic rings. The van der Waals surface area contributed by atoms with Gasteiger partial charge in [-0.3, -0.25) is 0 Å². The minimum Gasteiger partial charge on any atom is -0.399 e. The van der Waals surface area contributed by atoms with Gasteiger partial charge in [-0.2, -0.15) is 0 Å². The molecule has 1 heterocycles. The summed E-state index contributed by atoms with van der Waals surface area (Å²) in [5, 5.41) is 0. The lowest BCUT2D eigenvalue weighted by atomic mass is 9.79. The Balaban J connectivity index is 1.67. The van der Waals surface area contributed by atoms with Crippen LogP contribution < -0.4 is 10.4 Å². The van der Waals surface area contributed by atoms with E-state index < -0.39 is 0 Å². The van der Waals surface area contributed by atoms with E-state index in [0.29, 0.717) is 0 Å². The van der Waals surface area contributed by atoms with Gasteiger partial charge in [0.2, 0.25) is 0 Å². The maximum atomic E-state index is 6.17. The van der Waals surface area contributed by atoms with Gasteiger partial charge in [0.15, 0.2) is 0 Å². The fourth-order valence-corrected chi connectivity index (χ4v) is 3.24. The average Bonchev–Trinajstić information content (AvgIpc) is 2.92. The van der Waals surface area contributed by atoms with Crippen molar-refractivity contribution < 1.29 is 9.31 Å². The highest BCUT2D eigenvalue weighted by atomic mass is 16.7. The SMILES string of the molecule is CC1(C)OB(c2ccc(N(C3=C=C=CC=C3)c3ccccc3)cc2)OC1(C)C. The van der Waals surface area contributed by atoms with Crippen molar-refractivity contribution in [2.24, 2.45) is 0 Å². The van der Waals surface area contributed by atoms with Crippen molar-refractivity contribution in [1.29, 1.82) is 0 Å². The highest BCUT2D eigenvalue weighted by Crippen LogP contribution is 2.37. The zero-order valence-electron chi connectivity index (χ0n) is 16.8. The van der Waals surface area contributed by atoms with E-state index in [4.69, 9.17) is 9.31 Å². The van der Waals surface area contributed by atoms with Crippen molar-refractivity contribution in [3.8, 4) is 0 Å². The van der Waals surface area contributed by atoms with Crippen LogP contribution in [-0.4, -0.2) is 18.3 Å². The maximum Gasteiger partial charge on any atom is 0.494 e. The molecular formula is C24H24BNO2. The summed E-state index contributed by atoms with van der Waals surface area (Å²) in [6, 6.07) is 18.6. The molecule has 0 atom stereocenters. The molecule has 0 bridgehead atoms. The molecule has 1 fully saturated rings. The van der Waals surface area contributed by atoms with Crippen LogP contribution >= 0.6 is 0 Å². The maximum absolute atomic E-state index is 6.17. The second-order valence-corrected chi connectivity index (χ2v) is 8.03. The van der Waals surface area contributed by atoms with Crippen LogP contribution in [-0.2, 0) is 9.31 Å². The Hall–Kier alpha value is -2.74. The Morgan fingerprint density at radius 3 is 2.00 bits per heavy atom. The number of benzene rings is 2. The third-order valence-electron chi connectivity index (χ3n) is 5.57. The number of rotatable bonds is 4. The monoisotopic (exact) mass is 369 g/mol. The van der Waals surface area contributed by atoms with Gasteiger partial charge in [0, 0.05) is 11.4 Å². The van der Waals surface area contributed by atoms with Gasteiger partial charge in [-0.15, -0.1) is 0 Å². The zero-order valence-corrected chi connectivity index (χ0v) is 16.8. The lowest BCUT2D eigenvalue weighted by Crippen LogP contribution is -2.41. The van der Waals surface area contributed by atoms with Crippen molar-refractivity contribution in [1.82, 2.24) is 0 Å². The summed E-state index contributed by atoms with van der Waals surface area (Å²) in [6.45, 7) is 8.28. The molecule has 0 amide bonds. The molecule has 1 aliphatic heterocycles. The minimum atomic E-state index is -0.360. The van der Waals surface area contributed by atoms with Crippen LogP contribution in [0.15, 0.2) is 90.0 Å². The molecule has 140 valence electrons. The number of nitrogens with zero attached hydrogens (tertiary/aromatic N) is 1. The van der Waals surface area contributed by atoms with E-state index in [9.17, 15) is 0 Å². The highest BCUT2D eigenvalue weighted by Gasteiger charge is 2.51. The van der Waals surface area contributed by atoms with E-state index in [-0.39, 0.29) is 18.3 Å². The standard InChI is InChI=1S/C24H24BNO2/c1-23(2)24(3,4)28-25(27-23)19-15-17-22(18-16-19)26(20-11-7-5-8-12-20)21-13-9-6-10-14-21/h5-9,11-13,15-18H,1-4H3. The molecule has 0 unspecified atom stereocenters. The first-order chi connectivity index (χ1) is 13.4. The van der Waals surface area contributed by atoms with E-state index in [1.807, 2.05) is 36.4 Å². The third-order valence-corrected chi connectivity index (χ3v) is 5.57. The van der Waals surface area contributed by atoms with Crippen molar-refractivity contribution in [3.05, 3.63) is 90.0 Å². The van der Waals surface area contributed by atoms with E-state index in [1.165, 1.54) is 0 Å². The first kappa shape index (κ1) is 18.6. The molecule has 1 aliphatic carbocycles. The van der Waals surface area contributed by atoms with Crippen LogP contribution in [0, 0.1) is 0 Å². The largest absolute Gasteiger partial charge is 0.494 e. The van der Waals surface area contributed by atoms with Crippen LogP contribution in [0.25, 0.3) is 0 Å². The van der Waals surface area contributed by atoms with E-state index in [0.717, 1.165) is 22.5 Å². The van der Waals surface area contributed by atoms with Crippen LogP contribution in [0.3, 0.4) is 0 Å². The van der Waals surface area contributed by atoms with Crippen LogP contribution in [0.1, 0.15) is 27.7 Å². The summed E-state index contributed by atoms with van der Waals surface area (Å²) in [5.41, 5.74) is 9.63. The quantitative estimate of drug-likeness (QED) is 0.566. The van der Waals surface area contributed by atoms with Crippen molar-refractivity contribution >= 4 is 24.0 Å². The van der Waals surface area contributed by atoms with Crippen molar-refractivity contribution in [2.75, 3.05) is 4.90 Å². The third kappa shape index (κ3) is 3.40. The summed E-state index contributed by atoms with van der Waals surface area (Å²) >= 11 is 0. The predicted molar refractivity (Wildman–Crippen MR) is 115 cm³/mol. The number of para-hydroxylation sites is 1. The second-order valence-electron chi connectivity index (χ2n) is 8.03. The van der Waals surface area contributed by atoms with Gasteiger partial charge in [-0.25, -0.2) is 0 Å². The summed E-state index contributed by atoms with van der Waals surface area (Å²) in [6.07, 6.45) is 5.86. The molecule has 2 aromatic rings. The molecular weight excluding hydrogens is 345 g/mol. The Morgan fingerprint density at radius 2 is 1.43 bits per heavy atom. The van der Waals surface area contributed by atoms with Gasteiger partial charge in [0.25, 0.3) is 0 Å². The molecule has 4 rings (SSSR count). The Labute approximate surface area is 167 Å². The summed E-state index contributed by atoms with van der Waals surface area (Å²) in [7, 11) is -0.360. The number of hydrogen-bond acceptors (Lipinski definition) is 3. The summed E-state index contributed by atoms with van der Waals surface area (Å²) < 4.78 is 12.3. The van der Waals surface area contributed by atoms with Gasteiger partial charge in [-0.05, 0) is 75.3 Å². The van der Waals surface area contributed by atoms with Crippen LogP contribution in [0.2, 0.25) is 0 Å². The summed E-state index contributed by atoms with van der Waals surface area (Å²) in [4.78, 5) is 2.16. The molecule has 0 spiro atoms. The molecule has 0 N–H and O–H groups in total. The van der Waals surface area contributed by atoms with Gasteiger partial charge in [-0.1, -0.05) is 42.1 Å². The van der Waals surface area contributed by atoms with Crippen LogP contribution in [0.4, 0.5) is 11.4 Å².